The van der Waals surface area contributed by atoms with Gasteiger partial charge in [0.05, 0.1) is 6.54 Å². The molecule has 0 bridgehead atoms. The Kier molecular flexibility index (Phi) is 6.64. The van der Waals surface area contributed by atoms with Gasteiger partial charge in [0, 0.05) is 18.6 Å². The Morgan fingerprint density at radius 3 is 2.57 bits per heavy atom. The molecule has 1 aromatic carbocycles. The minimum absolute atomic E-state index is 0.203. The number of rotatable bonds is 6. The Hall–Kier alpha value is -1.35. The maximum absolute atomic E-state index is 12.7. The summed E-state index contributed by atoms with van der Waals surface area (Å²) in [7, 11) is 0. The first-order valence-corrected chi connectivity index (χ1v) is 9.05. The molecule has 3 atom stereocenters. The maximum Gasteiger partial charge on any atom is 0.237 e. The lowest BCUT2D eigenvalue weighted by atomic mass is 9.78. The number of benzene rings is 1. The van der Waals surface area contributed by atoms with Crippen molar-refractivity contribution in [2.24, 2.45) is 11.8 Å². The van der Waals surface area contributed by atoms with Crippen molar-refractivity contribution in [3.8, 4) is 0 Å². The van der Waals surface area contributed by atoms with Gasteiger partial charge in [-0.05, 0) is 37.7 Å². The fraction of sp³-hybridized carbons (Fsp3) is 0.650. The van der Waals surface area contributed by atoms with Crippen LogP contribution in [0.1, 0.15) is 52.5 Å². The molecule has 128 valence electrons. The average molecular weight is 316 g/mol. The van der Waals surface area contributed by atoms with Gasteiger partial charge in [-0.1, -0.05) is 57.0 Å². The van der Waals surface area contributed by atoms with Crippen LogP contribution in [0.25, 0.3) is 0 Å². The van der Waals surface area contributed by atoms with E-state index < -0.39 is 0 Å². The van der Waals surface area contributed by atoms with Crippen LogP contribution in [-0.2, 0) is 11.3 Å². The van der Waals surface area contributed by atoms with Crippen molar-refractivity contribution in [1.29, 1.82) is 0 Å². The summed E-state index contributed by atoms with van der Waals surface area (Å²) >= 11 is 0. The van der Waals surface area contributed by atoms with E-state index in [1.54, 1.807) is 0 Å². The van der Waals surface area contributed by atoms with Gasteiger partial charge in [-0.25, -0.2) is 0 Å². The van der Waals surface area contributed by atoms with Crippen molar-refractivity contribution < 1.29 is 4.79 Å². The van der Waals surface area contributed by atoms with Gasteiger partial charge in [0.15, 0.2) is 0 Å². The van der Waals surface area contributed by atoms with E-state index in [1.807, 2.05) is 23.1 Å². The van der Waals surface area contributed by atoms with Crippen molar-refractivity contribution >= 4 is 5.91 Å². The number of carbonyl (C=O) groups excluding carboxylic acids is 1. The molecule has 23 heavy (non-hydrogen) atoms. The molecule has 2 rings (SSSR count). The summed E-state index contributed by atoms with van der Waals surface area (Å²) in [6, 6.07) is 10.9. The van der Waals surface area contributed by atoms with Gasteiger partial charge in [-0.3, -0.25) is 4.79 Å². The van der Waals surface area contributed by atoms with E-state index in [9.17, 15) is 4.79 Å². The van der Waals surface area contributed by atoms with Gasteiger partial charge in [0.25, 0.3) is 0 Å². The molecule has 3 nitrogen and oxygen atoms in total. The highest BCUT2D eigenvalue weighted by Crippen LogP contribution is 2.29. The number of nitrogens with one attached hydrogen (secondary N) is 1. The number of hydrogen-bond donors (Lipinski definition) is 1. The van der Waals surface area contributed by atoms with Gasteiger partial charge in [-0.15, -0.1) is 0 Å². The molecule has 1 fully saturated rings. The first-order chi connectivity index (χ1) is 11.0. The van der Waals surface area contributed by atoms with Crippen LogP contribution in [0.5, 0.6) is 0 Å². The average Bonchev–Trinajstić information content (AvgIpc) is 2.54. The molecule has 1 aromatic rings. The van der Waals surface area contributed by atoms with Crippen LogP contribution in [-0.4, -0.2) is 29.4 Å². The second kappa shape index (κ2) is 8.49. The SMILES string of the molecule is CC(C)N(Cc1ccccc1)C(=O)CN[C@@H]1CCC[C@@H](C)[C@H]1C. The zero-order valence-corrected chi connectivity index (χ0v) is 15.1. The molecular weight excluding hydrogens is 284 g/mol. The summed E-state index contributed by atoms with van der Waals surface area (Å²) < 4.78 is 0. The van der Waals surface area contributed by atoms with E-state index in [1.165, 1.54) is 24.8 Å². The fourth-order valence-corrected chi connectivity index (χ4v) is 3.53. The lowest BCUT2D eigenvalue weighted by Crippen LogP contribution is -2.47. The van der Waals surface area contributed by atoms with Crippen LogP contribution in [0.4, 0.5) is 0 Å². The highest BCUT2D eigenvalue weighted by Gasteiger charge is 2.27. The van der Waals surface area contributed by atoms with E-state index in [4.69, 9.17) is 0 Å². The van der Waals surface area contributed by atoms with E-state index >= 15 is 0 Å². The number of amides is 1. The minimum Gasteiger partial charge on any atom is -0.335 e. The summed E-state index contributed by atoms with van der Waals surface area (Å²) in [6.45, 7) is 9.97. The molecule has 3 heteroatoms. The molecule has 0 heterocycles. The predicted molar refractivity (Wildman–Crippen MR) is 96.1 cm³/mol. The Balaban J connectivity index is 1.91. The minimum atomic E-state index is 0.203. The molecule has 1 aliphatic rings. The van der Waals surface area contributed by atoms with Crippen molar-refractivity contribution in [3.63, 3.8) is 0 Å². The van der Waals surface area contributed by atoms with E-state index in [0.717, 1.165) is 5.92 Å². The first kappa shape index (κ1) is 18.0. The summed E-state index contributed by atoms with van der Waals surface area (Å²) in [4.78, 5) is 14.7. The topological polar surface area (TPSA) is 32.3 Å². The van der Waals surface area contributed by atoms with Crippen LogP contribution < -0.4 is 5.32 Å². The van der Waals surface area contributed by atoms with E-state index in [-0.39, 0.29) is 11.9 Å². The third kappa shape index (κ3) is 5.07. The fourth-order valence-electron chi connectivity index (χ4n) is 3.53. The molecule has 1 aliphatic carbocycles. The normalized spacial score (nSPS) is 24.7. The molecule has 0 unspecified atom stereocenters. The van der Waals surface area contributed by atoms with Crippen molar-refractivity contribution in [2.75, 3.05) is 6.54 Å². The second-order valence-electron chi connectivity index (χ2n) is 7.36. The van der Waals surface area contributed by atoms with Crippen LogP contribution >= 0.6 is 0 Å². The van der Waals surface area contributed by atoms with Gasteiger partial charge < -0.3 is 10.2 Å². The molecule has 1 amide bonds. The Labute approximate surface area is 141 Å². The van der Waals surface area contributed by atoms with Gasteiger partial charge in [-0.2, -0.15) is 0 Å². The molecule has 0 saturated heterocycles. The van der Waals surface area contributed by atoms with Crippen molar-refractivity contribution in [1.82, 2.24) is 10.2 Å². The smallest absolute Gasteiger partial charge is 0.237 e. The highest BCUT2D eigenvalue weighted by atomic mass is 16.2. The zero-order chi connectivity index (χ0) is 16.8. The Bertz CT molecular complexity index is 486. The summed E-state index contributed by atoms with van der Waals surface area (Å²) in [5.41, 5.74) is 1.19. The van der Waals surface area contributed by atoms with E-state index in [0.29, 0.717) is 25.0 Å². The zero-order valence-electron chi connectivity index (χ0n) is 15.1. The van der Waals surface area contributed by atoms with Gasteiger partial charge in [0.2, 0.25) is 5.91 Å². The third-order valence-electron chi connectivity index (χ3n) is 5.36. The van der Waals surface area contributed by atoms with E-state index in [2.05, 4.69) is 45.1 Å². The summed E-state index contributed by atoms with van der Waals surface area (Å²) in [5.74, 6) is 1.61. The highest BCUT2D eigenvalue weighted by molar-refractivity contribution is 5.78. The molecule has 0 aromatic heterocycles. The molecule has 1 saturated carbocycles. The van der Waals surface area contributed by atoms with Crippen LogP contribution in [0.2, 0.25) is 0 Å². The maximum atomic E-state index is 12.7. The molecule has 0 aliphatic heterocycles. The molecular formula is C20H32N2O. The predicted octanol–water partition coefficient (Wildman–Crippen LogP) is 3.84. The summed E-state index contributed by atoms with van der Waals surface area (Å²) in [6.07, 6.45) is 3.79. The number of nitrogens with zero attached hydrogens (tertiary/aromatic N) is 1. The lowest BCUT2D eigenvalue weighted by molar-refractivity contribution is -0.132. The Morgan fingerprint density at radius 1 is 1.22 bits per heavy atom. The summed E-state index contributed by atoms with van der Waals surface area (Å²) in [5, 5.41) is 3.53. The van der Waals surface area contributed by atoms with Crippen LogP contribution in [0, 0.1) is 11.8 Å². The molecule has 1 N–H and O–H groups in total. The van der Waals surface area contributed by atoms with Gasteiger partial charge in [0.1, 0.15) is 0 Å². The molecule has 0 spiro atoms. The number of carbonyl (C=O) groups is 1. The first-order valence-electron chi connectivity index (χ1n) is 9.05. The Morgan fingerprint density at radius 2 is 1.91 bits per heavy atom. The number of hydrogen-bond acceptors (Lipinski definition) is 2. The van der Waals surface area contributed by atoms with Gasteiger partial charge >= 0.3 is 0 Å². The molecule has 0 radical (unpaired) electrons. The quantitative estimate of drug-likeness (QED) is 0.865. The largest absolute Gasteiger partial charge is 0.335 e. The standard InChI is InChI=1S/C20H32N2O/c1-15(2)22(14-18-10-6-5-7-11-18)20(23)13-21-19-12-8-9-16(3)17(19)4/h5-7,10-11,15-17,19,21H,8-9,12-14H2,1-4H3/t16-,17-,19-/m1/s1. The lowest BCUT2D eigenvalue weighted by Gasteiger charge is -2.35. The van der Waals surface area contributed by atoms with Crippen LogP contribution in [0.15, 0.2) is 30.3 Å². The third-order valence-corrected chi connectivity index (χ3v) is 5.36. The van der Waals surface area contributed by atoms with Crippen LogP contribution in [0.3, 0.4) is 0 Å². The second-order valence-corrected chi connectivity index (χ2v) is 7.36. The monoisotopic (exact) mass is 316 g/mol. The van der Waals surface area contributed by atoms with Crippen molar-refractivity contribution in [3.05, 3.63) is 35.9 Å². The van der Waals surface area contributed by atoms with Crippen molar-refractivity contribution in [2.45, 2.75) is 65.6 Å².